The molecule has 0 spiro atoms. The maximum Gasteiger partial charge on any atom is 0.418 e. The van der Waals surface area contributed by atoms with Crippen molar-refractivity contribution in [3.8, 4) is 5.75 Å². The van der Waals surface area contributed by atoms with Crippen LogP contribution in [0.4, 0.5) is 28.0 Å². The third-order valence-electron chi connectivity index (χ3n) is 5.64. The van der Waals surface area contributed by atoms with Crippen LogP contribution in [0.15, 0.2) is 30.3 Å². The lowest BCUT2D eigenvalue weighted by atomic mass is 9.84. The number of rotatable bonds is 4. The number of alkyl halides is 3. The van der Waals surface area contributed by atoms with Gasteiger partial charge in [0.15, 0.2) is 6.10 Å². The zero-order valence-electron chi connectivity index (χ0n) is 18.5. The van der Waals surface area contributed by atoms with Crippen LogP contribution in [0.25, 0.3) is 0 Å². The Bertz CT molecular complexity index is 1050. The van der Waals surface area contributed by atoms with Crippen molar-refractivity contribution in [2.24, 2.45) is 0 Å². The number of methoxy groups -OCH3 is 1. The molecule has 0 radical (unpaired) electrons. The SMILES string of the molecule is COc1c(NC(=O)N[C@H]2Cc3c(F)cccc3[C@H]2O)cc(C(C)(C)C)cc1[C@@H](O)C(F)(F)F. The highest BCUT2D eigenvalue weighted by Gasteiger charge is 2.42. The van der Waals surface area contributed by atoms with Gasteiger partial charge in [-0.15, -0.1) is 0 Å². The Labute approximate surface area is 188 Å². The number of amides is 2. The van der Waals surface area contributed by atoms with E-state index < -0.39 is 47.3 Å². The molecule has 3 atom stereocenters. The van der Waals surface area contributed by atoms with E-state index in [1.54, 1.807) is 26.8 Å². The number of anilines is 1. The summed E-state index contributed by atoms with van der Waals surface area (Å²) in [5, 5.41) is 25.3. The van der Waals surface area contributed by atoms with E-state index >= 15 is 0 Å². The molecule has 1 aliphatic rings. The van der Waals surface area contributed by atoms with Gasteiger partial charge in [0.05, 0.1) is 24.9 Å². The molecular weight excluding hydrogens is 444 g/mol. The monoisotopic (exact) mass is 470 g/mol. The topological polar surface area (TPSA) is 90.8 Å². The fourth-order valence-corrected chi connectivity index (χ4v) is 3.86. The van der Waals surface area contributed by atoms with E-state index in [1.165, 1.54) is 24.3 Å². The number of ether oxygens (including phenoxy) is 1. The number of aliphatic hydroxyl groups excluding tert-OH is 2. The van der Waals surface area contributed by atoms with Gasteiger partial charge in [0.2, 0.25) is 0 Å². The van der Waals surface area contributed by atoms with Gasteiger partial charge in [0.1, 0.15) is 11.6 Å². The average molecular weight is 470 g/mol. The first-order valence-corrected chi connectivity index (χ1v) is 10.2. The maximum atomic E-state index is 14.0. The van der Waals surface area contributed by atoms with Crippen molar-refractivity contribution in [3.63, 3.8) is 0 Å². The largest absolute Gasteiger partial charge is 0.494 e. The van der Waals surface area contributed by atoms with E-state index in [4.69, 9.17) is 4.74 Å². The molecule has 0 aliphatic heterocycles. The summed E-state index contributed by atoms with van der Waals surface area (Å²) in [6.07, 6.45) is -8.87. The molecule has 6 nitrogen and oxygen atoms in total. The minimum atomic E-state index is -4.95. The molecule has 0 saturated heterocycles. The fraction of sp³-hybridized carbons (Fsp3) is 0.435. The highest BCUT2D eigenvalue weighted by Crippen LogP contribution is 2.43. The molecule has 2 aromatic rings. The third-order valence-corrected chi connectivity index (χ3v) is 5.64. The zero-order chi connectivity index (χ0) is 24.7. The van der Waals surface area contributed by atoms with E-state index in [-0.39, 0.29) is 23.4 Å². The molecule has 2 amide bonds. The Balaban J connectivity index is 1.91. The smallest absolute Gasteiger partial charge is 0.418 e. The molecule has 0 heterocycles. The number of aliphatic hydroxyl groups is 2. The van der Waals surface area contributed by atoms with E-state index in [9.17, 15) is 32.6 Å². The Hall–Kier alpha value is -2.85. The fourth-order valence-electron chi connectivity index (χ4n) is 3.86. The molecule has 0 saturated carbocycles. The van der Waals surface area contributed by atoms with Crippen LogP contribution in [-0.4, -0.2) is 35.6 Å². The van der Waals surface area contributed by atoms with Gasteiger partial charge in [-0.05, 0) is 46.7 Å². The summed E-state index contributed by atoms with van der Waals surface area (Å²) in [4.78, 5) is 12.7. The van der Waals surface area contributed by atoms with E-state index in [0.29, 0.717) is 11.1 Å². The molecule has 4 N–H and O–H groups in total. The van der Waals surface area contributed by atoms with E-state index in [0.717, 1.165) is 7.11 Å². The number of fused-ring (bicyclic) bond motifs is 1. The lowest BCUT2D eigenvalue weighted by Gasteiger charge is -2.26. The number of halogens is 4. The van der Waals surface area contributed by atoms with Crippen LogP contribution >= 0.6 is 0 Å². The van der Waals surface area contributed by atoms with Gasteiger partial charge in [-0.2, -0.15) is 13.2 Å². The molecule has 10 heteroatoms. The highest BCUT2D eigenvalue weighted by molar-refractivity contribution is 5.92. The van der Waals surface area contributed by atoms with Crippen LogP contribution in [0.2, 0.25) is 0 Å². The highest BCUT2D eigenvalue weighted by atomic mass is 19.4. The van der Waals surface area contributed by atoms with Crippen LogP contribution in [0, 0.1) is 5.82 Å². The minimum absolute atomic E-state index is 0.0494. The molecule has 0 bridgehead atoms. The summed E-state index contributed by atoms with van der Waals surface area (Å²) < 4.78 is 59.0. The van der Waals surface area contributed by atoms with Crippen molar-refractivity contribution in [2.75, 3.05) is 12.4 Å². The van der Waals surface area contributed by atoms with Crippen LogP contribution < -0.4 is 15.4 Å². The number of carbonyl (C=O) groups excluding carboxylic acids is 1. The second kappa shape index (κ2) is 8.83. The summed E-state index contributed by atoms with van der Waals surface area (Å²) in [6, 6.07) is 5.26. The molecule has 180 valence electrons. The summed E-state index contributed by atoms with van der Waals surface area (Å²) >= 11 is 0. The van der Waals surface area contributed by atoms with Crippen LogP contribution in [-0.2, 0) is 11.8 Å². The summed E-state index contributed by atoms with van der Waals surface area (Å²) in [6.45, 7) is 5.30. The first-order chi connectivity index (χ1) is 15.2. The second-order valence-electron chi connectivity index (χ2n) is 9.00. The van der Waals surface area contributed by atoms with Crippen LogP contribution in [0.3, 0.4) is 0 Å². The summed E-state index contributed by atoms with van der Waals surface area (Å²) in [5.74, 6) is -0.842. The number of nitrogens with one attached hydrogen (secondary N) is 2. The lowest BCUT2D eigenvalue weighted by Crippen LogP contribution is -2.40. The van der Waals surface area contributed by atoms with Crippen molar-refractivity contribution < 1.29 is 37.3 Å². The van der Waals surface area contributed by atoms with Crippen LogP contribution in [0.5, 0.6) is 5.75 Å². The van der Waals surface area contributed by atoms with Crippen molar-refractivity contribution >= 4 is 11.7 Å². The average Bonchev–Trinajstić information content (AvgIpc) is 3.02. The molecule has 1 aliphatic carbocycles. The van der Waals surface area contributed by atoms with Gasteiger partial charge in [-0.3, -0.25) is 0 Å². The second-order valence-corrected chi connectivity index (χ2v) is 9.00. The standard InChI is InChI=1S/C23H26F4N2O4/c1-22(2,3)11-8-14(20(31)23(25,26)27)19(33-4)17(9-11)29-21(32)28-16-10-13-12(18(16)30)6-5-7-15(13)24/h5-9,16,18,20,30-31H,10H2,1-4H3,(H2,28,29,32)/t16-,18+,20+/m0/s1. The molecule has 3 rings (SSSR count). The predicted octanol–water partition coefficient (Wildman–Crippen LogP) is 4.51. The van der Waals surface area contributed by atoms with E-state index in [1.807, 2.05) is 0 Å². The summed E-state index contributed by atoms with van der Waals surface area (Å²) in [7, 11) is 1.13. The van der Waals surface area contributed by atoms with Gasteiger partial charge in [-0.1, -0.05) is 32.9 Å². The van der Waals surface area contributed by atoms with Crippen LogP contribution in [0.1, 0.15) is 55.2 Å². The van der Waals surface area contributed by atoms with Crippen molar-refractivity contribution in [3.05, 3.63) is 58.4 Å². The normalized spacial score (nSPS) is 19.1. The van der Waals surface area contributed by atoms with Gasteiger partial charge >= 0.3 is 12.2 Å². The van der Waals surface area contributed by atoms with Gasteiger partial charge in [-0.25, -0.2) is 9.18 Å². The molecule has 0 fully saturated rings. The predicted molar refractivity (Wildman–Crippen MR) is 114 cm³/mol. The Morgan fingerprint density at radius 1 is 1.21 bits per heavy atom. The molecule has 33 heavy (non-hydrogen) atoms. The Kier molecular flexibility index (Phi) is 6.63. The van der Waals surface area contributed by atoms with Gasteiger partial charge < -0.3 is 25.6 Å². The number of hydrogen-bond acceptors (Lipinski definition) is 4. The van der Waals surface area contributed by atoms with Gasteiger partial charge in [0.25, 0.3) is 0 Å². The molecule has 0 unspecified atom stereocenters. The lowest BCUT2D eigenvalue weighted by molar-refractivity contribution is -0.207. The first kappa shape index (κ1) is 24.8. The number of benzene rings is 2. The quantitative estimate of drug-likeness (QED) is 0.495. The number of urea groups is 1. The maximum absolute atomic E-state index is 14.0. The minimum Gasteiger partial charge on any atom is -0.494 e. The molecular formula is C23H26F4N2O4. The summed E-state index contributed by atoms with van der Waals surface area (Å²) in [5.41, 5.74) is -0.159. The van der Waals surface area contributed by atoms with Crippen molar-refractivity contribution in [2.45, 2.75) is 57.0 Å². The molecule has 2 aromatic carbocycles. The van der Waals surface area contributed by atoms with E-state index in [2.05, 4.69) is 10.6 Å². The zero-order valence-corrected chi connectivity index (χ0v) is 18.5. The Morgan fingerprint density at radius 3 is 2.42 bits per heavy atom. The first-order valence-electron chi connectivity index (χ1n) is 10.2. The van der Waals surface area contributed by atoms with Gasteiger partial charge in [0, 0.05) is 5.56 Å². The Morgan fingerprint density at radius 2 is 1.88 bits per heavy atom. The third kappa shape index (κ3) is 5.06. The van der Waals surface area contributed by atoms with Crippen molar-refractivity contribution in [1.29, 1.82) is 0 Å². The molecule has 0 aromatic heterocycles. The number of carbonyl (C=O) groups is 1. The number of hydrogen-bond donors (Lipinski definition) is 4. The van der Waals surface area contributed by atoms with Crippen molar-refractivity contribution in [1.82, 2.24) is 5.32 Å².